The lowest BCUT2D eigenvalue weighted by atomic mass is 10.1. The van der Waals surface area contributed by atoms with Crippen LogP contribution in [0.25, 0.3) is 0 Å². The Labute approximate surface area is 181 Å². The van der Waals surface area contributed by atoms with Gasteiger partial charge in [-0.05, 0) is 30.7 Å². The van der Waals surface area contributed by atoms with Gasteiger partial charge in [-0.2, -0.15) is 0 Å². The summed E-state index contributed by atoms with van der Waals surface area (Å²) >= 11 is 12.6. The van der Waals surface area contributed by atoms with Crippen LogP contribution >= 0.6 is 23.2 Å². The number of carbonyl (C=O) groups excluding carboxylic acids is 1. The summed E-state index contributed by atoms with van der Waals surface area (Å²) in [7, 11) is 0. The molecular weight excluding hydrogens is 415 g/mol. The van der Waals surface area contributed by atoms with Gasteiger partial charge in [0.25, 0.3) is 5.91 Å². The minimum Gasteiger partial charge on any atom is -0.490 e. The quantitative estimate of drug-likeness (QED) is 0.578. The molecule has 2 aromatic rings. The van der Waals surface area contributed by atoms with Crippen LogP contribution in [0.5, 0.6) is 5.75 Å². The van der Waals surface area contributed by atoms with E-state index in [1.807, 2.05) is 12.1 Å². The maximum absolute atomic E-state index is 12.7. The number of hydrogen-bond donors (Lipinski definition) is 1. The zero-order chi connectivity index (χ0) is 20.6. The fourth-order valence-electron chi connectivity index (χ4n) is 3.22. The Morgan fingerprint density at radius 1 is 1.28 bits per heavy atom. The molecule has 2 heterocycles. The summed E-state index contributed by atoms with van der Waals surface area (Å²) in [6.07, 6.45) is 3.56. The SMILES string of the molecule is CCCCOc1c(Cl)cc(C(=O)NCC(c2ccco2)N2CCOCC2)cc1Cl. The number of halogens is 2. The van der Waals surface area contributed by atoms with Crippen molar-refractivity contribution in [1.29, 1.82) is 0 Å². The van der Waals surface area contributed by atoms with Gasteiger partial charge in [0.15, 0.2) is 5.75 Å². The number of benzene rings is 1. The number of ether oxygens (including phenoxy) is 2. The minimum absolute atomic E-state index is 0.0690. The lowest BCUT2D eigenvalue weighted by molar-refractivity contribution is 0.0118. The van der Waals surface area contributed by atoms with Crippen LogP contribution in [0.2, 0.25) is 10.0 Å². The van der Waals surface area contributed by atoms with Crippen molar-refractivity contribution < 1.29 is 18.7 Å². The van der Waals surface area contributed by atoms with Crippen LogP contribution in [-0.4, -0.2) is 50.3 Å². The smallest absolute Gasteiger partial charge is 0.251 e. The normalized spacial score (nSPS) is 15.8. The predicted octanol–water partition coefficient (Wildman–Crippen LogP) is 4.57. The molecule has 3 rings (SSSR count). The van der Waals surface area contributed by atoms with E-state index >= 15 is 0 Å². The molecule has 1 atom stereocenters. The molecule has 1 aliphatic rings. The number of carbonyl (C=O) groups is 1. The number of amides is 1. The van der Waals surface area contributed by atoms with Crippen molar-refractivity contribution in [2.75, 3.05) is 39.5 Å². The molecule has 158 valence electrons. The van der Waals surface area contributed by atoms with E-state index in [4.69, 9.17) is 37.1 Å². The highest BCUT2D eigenvalue weighted by Crippen LogP contribution is 2.34. The molecule has 0 spiro atoms. The second-order valence-electron chi connectivity index (χ2n) is 6.86. The molecule has 1 aromatic carbocycles. The summed E-state index contributed by atoms with van der Waals surface area (Å²) in [5, 5.41) is 3.63. The van der Waals surface area contributed by atoms with E-state index in [0.717, 1.165) is 31.7 Å². The lowest BCUT2D eigenvalue weighted by Gasteiger charge is -2.33. The van der Waals surface area contributed by atoms with Crippen molar-refractivity contribution in [2.24, 2.45) is 0 Å². The van der Waals surface area contributed by atoms with E-state index in [9.17, 15) is 4.79 Å². The number of furan rings is 1. The van der Waals surface area contributed by atoms with Gasteiger partial charge in [-0.1, -0.05) is 36.5 Å². The molecule has 1 N–H and O–H groups in total. The minimum atomic E-state index is -0.251. The highest BCUT2D eigenvalue weighted by molar-refractivity contribution is 6.37. The molecular formula is C21H26Cl2N2O4. The highest BCUT2D eigenvalue weighted by atomic mass is 35.5. The molecule has 6 nitrogen and oxygen atoms in total. The first-order valence-corrected chi connectivity index (χ1v) is 10.6. The fraction of sp³-hybridized carbons (Fsp3) is 0.476. The first-order valence-electron chi connectivity index (χ1n) is 9.85. The highest BCUT2D eigenvalue weighted by Gasteiger charge is 2.25. The van der Waals surface area contributed by atoms with Crippen LogP contribution in [-0.2, 0) is 4.74 Å². The number of unbranched alkanes of at least 4 members (excludes halogenated alkanes) is 1. The third kappa shape index (κ3) is 5.89. The van der Waals surface area contributed by atoms with E-state index in [-0.39, 0.29) is 11.9 Å². The standard InChI is InChI=1S/C21H26Cl2N2O4/c1-2-3-8-29-20-16(22)12-15(13-17(20)23)21(26)24-14-18(19-5-4-9-28-19)25-6-10-27-11-7-25/h4-5,9,12-13,18H,2-3,6-8,10-11,14H2,1H3,(H,24,26). The van der Waals surface area contributed by atoms with Crippen molar-refractivity contribution in [3.05, 3.63) is 51.9 Å². The van der Waals surface area contributed by atoms with Crippen molar-refractivity contribution in [3.8, 4) is 5.75 Å². The summed E-state index contributed by atoms with van der Waals surface area (Å²) in [6, 6.07) is 6.87. The topological polar surface area (TPSA) is 63.9 Å². The molecule has 1 saturated heterocycles. The maximum Gasteiger partial charge on any atom is 0.251 e. The van der Waals surface area contributed by atoms with Crippen LogP contribution in [0.4, 0.5) is 0 Å². The summed E-state index contributed by atoms with van der Waals surface area (Å²) in [6.45, 7) is 5.90. The van der Waals surface area contributed by atoms with E-state index in [0.29, 0.717) is 47.7 Å². The van der Waals surface area contributed by atoms with Gasteiger partial charge in [0.1, 0.15) is 5.76 Å². The average molecular weight is 441 g/mol. The van der Waals surface area contributed by atoms with E-state index in [1.165, 1.54) is 0 Å². The van der Waals surface area contributed by atoms with Crippen LogP contribution in [0.15, 0.2) is 34.9 Å². The second kappa shape index (κ2) is 10.9. The Kier molecular flexibility index (Phi) is 8.24. The molecule has 0 radical (unpaired) electrons. The van der Waals surface area contributed by atoms with Crippen molar-refractivity contribution >= 4 is 29.1 Å². The molecule has 0 bridgehead atoms. The number of nitrogens with zero attached hydrogens (tertiary/aromatic N) is 1. The summed E-state index contributed by atoms with van der Waals surface area (Å²) in [4.78, 5) is 15.0. The van der Waals surface area contributed by atoms with Gasteiger partial charge in [-0.15, -0.1) is 0 Å². The lowest BCUT2D eigenvalue weighted by Crippen LogP contribution is -2.43. The molecule has 1 unspecified atom stereocenters. The Balaban J connectivity index is 1.66. The second-order valence-corrected chi connectivity index (χ2v) is 7.68. The summed E-state index contributed by atoms with van der Waals surface area (Å²) in [5.41, 5.74) is 0.392. The Morgan fingerprint density at radius 3 is 2.62 bits per heavy atom. The van der Waals surface area contributed by atoms with Gasteiger partial charge in [0, 0.05) is 25.2 Å². The van der Waals surface area contributed by atoms with E-state index in [1.54, 1.807) is 18.4 Å². The first kappa shape index (κ1) is 22.0. The van der Waals surface area contributed by atoms with Crippen molar-refractivity contribution in [3.63, 3.8) is 0 Å². The largest absolute Gasteiger partial charge is 0.490 e. The molecule has 1 aromatic heterocycles. The molecule has 0 aliphatic carbocycles. The third-order valence-electron chi connectivity index (χ3n) is 4.82. The van der Waals surface area contributed by atoms with Gasteiger partial charge in [0.05, 0.1) is 42.2 Å². The Morgan fingerprint density at radius 2 is 2.00 bits per heavy atom. The monoisotopic (exact) mass is 440 g/mol. The Bertz CT molecular complexity index is 769. The van der Waals surface area contributed by atoms with Crippen LogP contribution in [0.1, 0.15) is 41.9 Å². The molecule has 29 heavy (non-hydrogen) atoms. The van der Waals surface area contributed by atoms with Crippen LogP contribution in [0, 0.1) is 0 Å². The summed E-state index contributed by atoms with van der Waals surface area (Å²) in [5.74, 6) is 0.974. The van der Waals surface area contributed by atoms with Gasteiger partial charge in [-0.25, -0.2) is 0 Å². The third-order valence-corrected chi connectivity index (χ3v) is 5.38. The summed E-state index contributed by atoms with van der Waals surface area (Å²) < 4.78 is 16.7. The number of morpholine rings is 1. The van der Waals surface area contributed by atoms with Crippen LogP contribution < -0.4 is 10.1 Å². The zero-order valence-electron chi connectivity index (χ0n) is 16.5. The zero-order valence-corrected chi connectivity index (χ0v) is 18.0. The molecule has 1 aliphatic heterocycles. The van der Waals surface area contributed by atoms with Crippen molar-refractivity contribution in [1.82, 2.24) is 10.2 Å². The molecule has 8 heteroatoms. The van der Waals surface area contributed by atoms with Crippen molar-refractivity contribution in [2.45, 2.75) is 25.8 Å². The molecule has 0 saturated carbocycles. The predicted molar refractivity (Wildman–Crippen MR) is 113 cm³/mol. The molecule has 1 amide bonds. The number of rotatable bonds is 9. The van der Waals surface area contributed by atoms with E-state index in [2.05, 4.69) is 17.1 Å². The first-order chi connectivity index (χ1) is 14.1. The van der Waals surface area contributed by atoms with Gasteiger partial charge in [-0.3, -0.25) is 9.69 Å². The number of nitrogens with one attached hydrogen (secondary N) is 1. The van der Waals surface area contributed by atoms with Gasteiger partial charge < -0.3 is 19.2 Å². The average Bonchev–Trinajstić information content (AvgIpc) is 3.25. The maximum atomic E-state index is 12.7. The Hall–Kier alpha value is -1.73. The van der Waals surface area contributed by atoms with Gasteiger partial charge in [0.2, 0.25) is 0 Å². The fourth-order valence-corrected chi connectivity index (χ4v) is 3.81. The van der Waals surface area contributed by atoms with Gasteiger partial charge >= 0.3 is 0 Å². The number of hydrogen-bond acceptors (Lipinski definition) is 5. The molecule has 1 fully saturated rings. The van der Waals surface area contributed by atoms with E-state index < -0.39 is 0 Å². The van der Waals surface area contributed by atoms with Crippen LogP contribution in [0.3, 0.4) is 0 Å².